The van der Waals surface area contributed by atoms with Crippen molar-refractivity contribution >= 4 is 11.9 Å². The number of benzene rings is 1. The molecule has 0 bridgehead atoms. The highest BCUT2D eigenvalue weighted by atomic mass is 19.1. The molecule has 0 aliphatic heterocycles. The summed E-state index contributed by atoms with van der Waals surface area (Å²) in [4.78, 5) is 23.8. The Bertz CT molecular complexity index is 488. The monoisotopic (exact) mass is 294 g/mol. The Kier molecular flexibility index (Phi) is 7.11. The van der Waals surface area contributed by atoms with Crippen LogP contribution in [0, 0.1) is 5.82 Å². The highest BCUT2D eigenvalue weighted by molar-refractivity contribution is 5.79. The van der Waals surface area contributed by atoms with Gasteiger partial charge in [0, 0.05) is 13.1 Å². The van der Waals surface area contributed by atoms with Gasteiger partial charge in [-0.2, -0.15) is 0 Å². The Hall–Kier alpha value is -2.21. The maximum absolute atomic E-state index is 12.7. The molecule has 0 heterocycles. The Balaban J connectivity index is 2.33. The highest BCUT2D eigenvalue weighted by Crippen LogP contribution is 2.02. The number of amides is 1. The minimum absolute atomic E-state index is 0.00172. The van der Waals surface area contributed by atoms with Gasteiger partial charge in [-0.15, -0.1) is 6.58 Å². The summed E-state index contributed by atoms with van der Waals surface area (Å²) in [6, 6.07) is 6.07. The van der Waals surface area contributed by atoms with E-state index in [1.54, 1.807) is 18.2 Å². The van der Waals surface area contributed by atoms with E-state index in [0.29, 0.717) is 19.5 Å². The quantitative estimate of drug-likeness (QED) is 0.668. The van der Waals surface area contributed by atoms with E-state index in [1.807, 2.05) is 0 Å². The number of hydrogen-bond acceptors (Lipinski definition) is 3. The number of aliphatic carboxylic acids is 1. The predicted octanol–water partition coefficient (Wildman–Crippen LogP) is 1.06. The Morgan fingerprint density at radius 2 is 1.95 bits per heavy atom. The molecular weight excluding hydrogens is 275 g/mol. The highest BCUT2D eigenvalue weighted by Gasteiger charge is 2.12. The second-order valence-electron chi connectivity index (χ2n) is 4.58. The molecule has 0 unspecified atom stereocenters. The SMILES string of the molecule is C=CCN(CC(=O)O)CC(=O)NCCc1ccc(F)cc1. The molecule has 0 aliphatic rings. The molecule has 5 nitrogen and oxygen atoms in total. The van der Waals surface area contributed by atoms with Crippen LogP contribution in [0.5, 0.6) is 0 Å². The van der Waals surface area contributed by atoms with E-state index in [9.17, 15) is 14.0 Å². The topological polar surface area (TPSA) is 69.6 Å². The molecule has 1 rings (SSSR count). The zero-order valence-corrected chi connectivity index (χ0v) is 11.7. The van der Waals surface area contributed by atoms with Gasteiger partial charge in [0.1, 0.15) is 5.82 Å². The first kappa shape index (κ1) is 16.8. The first-order chi connectivity index (χ1) is 10.0. The molecule has 0 saturated heterocycles. The molecule has 0 atom stereocenters. The summed E-state index contributed by atoms with van der Waals surface area (Å²) in [5.41, 5.74) is 0.921. The first-order valence-corrected chi connectivity index (χ1v) is 6.57. The van der Waals surface area contributed by atoms with Crippen LogP contribution >= 0.6 is 0 Å². The van der Waals surface area contributed by atoms with Crippen molar-refractivity contribution in [3.63, 3.8) is 0 Å². The van der Waals surface area contributed by atoms with Crippen molar-refractivity contribution in [3.05, 3.63) is 48.3 Å². The van der Waals surface area contributed by atoms with Gasteiger partial charge in [0.05, 0.1) is 13.1 Å². The average Bonchev–Trinajstić information content (AvgIpc) is 2.40. The molecule has 1 aromatic rings. The average molecular weight is 294 g/mol. The van der Waals surface area contributed by atoms with Gasteiger partial charge >= 0.3 is 5.97 Å². The number of carboxylic acid groups (broad SMARTS) is 1. The van der Waals surface area contributed by atoms with Crippen LogP contribution in [0.2, 0.25) is 0 Å². The van der Waals surface area contributed by atoms with Crippen LogP contribution < -0.4 is 5.32 Å². The van der Waals surface area contributed by atoms with Crippen LogP contribution in [0.15, 0.2) is 36.9 Å². The van der Waals surface area contributed by atoms with Gasteiger partial charge in [0.2, 0.25) is 5.91 Å². The van der Waals surface area contributed by atoms with E-state index in [1.165, 1.54) is 17.0 Å². The number of halogens is 1. The van der Waals surface area contributed by atoms with Crippen LogP contribution in [0.1, 0.15) is 5.56 Å². The smallest absolute Gasteiger partial charge is 0.317 e. The normalized spacial score (nSPS) is 10.4. The first-order valence-electron chi connectivity index (χ1n) is 6.57. The van der Waals surface area contributed by atoms with Gasteiger partial charge in [-0.3, -0.25) is 14.5 Å². The number of hydrogen-bond donors (Lipinski definition) is 2. The summed E-state index contributed by atoms with van der Waals surface area (Å²) in [6.07, 6.45) is 2.14. The van der Waals surface area contributed by atoms with Crippen LogP contribution in [-0.4, -0.2) is 48.1 Å². The molecule has 0 saturated carbocycles. The van der Waals surface area contributed by atoms with Crippen LogP contribution in [0.25, 0.3) is 0 Å². The molecule has 0 spiro atoms. The fraction of sp³-hybridized carbons (Fsp3) is 0.333. The fourth-order valence-corrected chi connectivity index (χ4v) is 1.82. The van der Waals surface area contributed by atoms with Crippen molar-refractivity contribution in [2.45, 2.75) is 6.42 Å². The third kappa shape index (κ3) is 7.22. The Morgan fingerprint density at radius 1 is 1.29 bits per heavy atom. The lowest BCUT2D eigenvalue weighted by Gasteiger charge is -2.17. The summed E-state index contributed by atoms with van der Waals surface area (Å²) in [5.74, 6) is -1.53. The number of rotatable bonds is 9. The lowest BCUT2D eigenvalue weighted by atomic mass is 10.1. The standard InChI is InChI=1S/C15H19FN2O3/c1-2-9-18(11-15(20)21)10-14(19)17-8-7-12-3-5-13(16)6-4-12/h2-6H,1,7-11H2,(H,17,19)(H,20,21). The number of carboxylic acids is 1. The fourth-order valence-electron chi connectivity index (χ4n) is 1.82. The van der Waals surface area contributed by atoms with Gasteiger partial charge in [-0.1, -0.05) is 18.2 Å². The largest absolute Gasteiger partial charge is 0.480 e. The molecule has 21 heavy (non-hydrogen) atoms. The van der Waals surface area contributed by atoms with Gasteiger partial charge < -0.3 is 10.4 Å². The third-order valence-corrected chi connectivity index (χ3v) is 2.76. The van der Waals surface area contributed by atoms with Crippen LogP contribution in [0.3, 0.4) is 0 Å². The second-order valence-corrected chi connectivity index (χ2v) is 4.58. The number of nitrogens with zero attached hydrogens (tertiary/aromatic N) is 1. The van der Waals surface area contributed by atoms with Crippen molar-refractivity contribution in [3.8, 4) is 0 Å². The molecule has 2 N–H and O–H groups in total. The van der Waals surface area contributed by atoms with Crippen molar-refractivity contribution in [1.82, 2.24) is 10.2 Å². The van der Waals surface area contributed by atoms with E-state index >= 15 is 0 Å². The second kappa shape index (κ2) is 8.86. The summed E-state index contributed by atoms with van der Waals surface area (Å²) in [5, 5.41) is 11.4. The van der Waals surface area contributed by atoms with Crippen LogP contribution in [0.4, 0.5) is 4.39 Å². The van der Waals surface area contributed by atoms with Crippen molar-refractivity contribution in [2.75, 3.05) is 26.2 Å². The minimum atomic E-state index is -0.990. The van der Waals surface area contributed by atoms with Crippen LogP contribution in [-0.2, 0) is 16.0 Å². The summed E-state index contributed by atoms with van der Waals surface area (Å²) in [7, 11) is 0. The Labute approximate surface area is 123 Å². The van der Waals surface area contributed by atoms with E-state index in [4.69, 9.17) is 5.11 Å². The molecular formula is C15H19FN2O3. The van der Waals surface area contributed by atoms with Gasteiger partial charge in [-0.25, -0.2) is 4.39 Å². The predicted molar refractivity (Wildman–Crippen MR) is 77.4 cm³/mol. The molecule has 1 amide bonds. The van der Waals surface area contributed by atoms with Gasteiger partial charge in [0.15, 0.2) is 0 Å². The molecule has 0 radical (unpaired) electrons. The Morgan fingerprint density at radius 3 is 2.52 bits per heavy atom. The van der Waals surface area contributed by atoms with Gasteiger partial charge in [-0.05, 0) is 24.1 Å². The molecule has 6 heteroatoms. The molecule has 0 aromatic heterocycles. The summed E-state index contributed by atoms with van der Waals surface area (Å²) < 4.78 is 12.7. The zero-order valence-electron chi connectivity index (χ0n) is 11.7. The van der Waals surface area contributed by atoms with Gasteiger partial charge in [0.25, 0.3) is 0 Å². The molecule has 1 aromatic carbocycles. The number of nitrogens with one attached hydrogen (secondary N) is 1. The number of carbonyl (C=O) groups excluding carboxylic acids is 1. The summed E-state index contributed by atoms with van der Waals surface area (Å²) in [6.45, 7) is 4.07. The summed E-state index contributed by atoms with van der Waals surface area (Å²) >= 11 is 0. The molecule has 0 aliphatic carbocycles. The maximum atomic E-state index is 12.7. The minimum Gasteiger partial charge on any atom is -0.480 e. The van der Waals surface area contributed by atoms with Crippen molar-refractivity contribution in [2.24, 2.45) is 0 Å². The zero-order chi connectivity index (χ0) is 15.7. The van der Waals surface area contributed by atoms with E-state index in [-0.39, 0.29) is 24.8 Å². The molecule has 0 fully saturated rings. The molecule has 114 valence electrons. The lowest BCUT2D eigenvalue weighted by molar-refractivity contribution is -0.138. The van der Waals surface area contributed by atoms with Crippen molar-refractivity contribution in [1.29, 1.82) is 0 Å². The van der Waals surface area contributed by atoms with Crippen molar-refractivity contribution < 1.29 is 19.1 Å². The third-order valence-electron chi connectivity index (χ3n) is 2.76. The van der Waals surface area contributed by atoms with E-state index in [2.05, 4.69) is 11.9 Å². The maximum Gasteiger partial charge on any atom is 0.317 e. The van der Waals surface area contributed by atoms with E-state index < -0.39 is 5.97 Å². The lowest BCUT2D eigenvalue weighted by Crippen LogP contribution is -2.40. The van der Waals surface area contributed by atoms with E-state index in [0.717, 1.165) is 5.56 Å². The number of carbonyl (C=O) groups is 2.